The molecule has 15 nitrogen and oxygen atoms in total. The molecule has 1 fully saturated rings. The maximum Gasteiger partial charge on any atom is 0.220 e. The Balaban J connectivity index is 1.17. The molecule has 0 unspecified atom stereocenters. The predicted octanol–water partition coefficient (Wildman–Crippen LogP) is 1.62. The average Bonchev–Trinajstić information content (AvgIpc) is 3.92. The van der Waals surface area contributed by atoms with Gasteiger partial charge in [0.1, 0.15) is 59.4 Å². The summed E-state index contributed by atoms with van der Waals surface area (Å²) in [6.07, 6.45) is 4.12. The van der Waals surface area contributed by atoms with Crippen LogP contribution in [0, 0.1) is 18.8 Å². The van der Waals surface area contributed by atoms with Crippen molar-refractivity contribution in [3.05, 3.63) is 99.7 Å². The third-order valence-corrected chi connectivity index (χ3v) is 11.6. The molecule has 2 aromatic carbocycles. The SMILES string of the molecule is Cc1cc(=O)c2cc3c(c(N4C=C5C=CN=C5C4)c2o1)O[C@]1(CC=C[C@@H]([C@H]2CNC(=O)C2)C1)[C@H](OOC[C@@](O)(Cc1ccc(O)cc1)[C@@H](O)[C@H](O)[C@H](O)CO)C3. The monoisotopic (exact) mass is 771 g/mol. The number of benzene rings is 2. The van der Waals surface area contributed by atoms with Crippen LogP contribution in [0.3, 0.4) is 0 Å². The van der Waals surface area contributed by atoms with Crippen molar-refractivity contribution >= 4 is 28.3 Å². The van der Waals surface area contributed by atoms with Crippen molar-refractivity contribution in [1.82, 2.24) is 5.32 Å². The molecule has 7 N–H and O–H groups in total. The number of rotatable bonds is 12. The van der Waals surface area contributed by atoms with Crippen LogP contribution in [0.2, 0.25) is 0 Å². The number of anilines is 1. The second-order valence-corrected chi connectivity index (χ2v) is 15.5. The fourth-order valence-corrected chi connectivity index (χ4v) is 8.53. The highest BCUT2D eigenvalue weighted by Gasteiger charge is 2.52. The van der Waals surface area contributed by atoms with Gasteiger partial charge >= 0.3 is 0 Å². The van der Waals surface area contributed by atoms with Crippen LogP contribution in [0.5, 0.6) is 11.5 Å². The zero-order valence-electron chi connectivity index (χ0n) is 30.7. The minimum atomic E-state index is -2.27. The number of aliphatic hydroxyl groups excluding tert-OH is 4. The molecule has 8 atom stereocenters. The lowest BCUT2D eigenvalue weighted by Gasteiger charge is -2.48. The number of aryl methyl sites for hydroxylation is 1. The minimum Gasteiger partial charge on any atom is -0.508 e. The molecule has 56 heavy (non-hydrogen) atoms. The van der Waals surface area contributed by atoms with Crippen molar-refractivity contribution in [3.63, 3.8) is 0 Å². The molecule has 15 heteroatoms. The number of aliphatic imine (C=N–C) groups is 1. The Labute approximate surface area is 321 Å². The topological polar surface area (TPSA) is 224 Å². The summed E-state index contributed by atoms with van der Waals surface area (Å²) in [5.41, 5.74) is 0.241. The fourth-order valence-electron chi connectivity index (χ4n) is 8.53. The largest absolute Gasteiger partial charge is 0.508 e. The van der Waals surface area contributed by atoms with Crippen molar-refractivity contribution in [1.29, 1.82) is 0 Å². The van der Waals surface area contributed by atoms with E-state index in [2.05, 4.69) is 16.4 Å². The van der Waals surface area contributed by atoms with Crippen LogP contribution in [0.25, 0.3) is 11.0 Å². The molecular formula is C41H45N3O12. The maximum atomic E-state index is 13.5. The van der Waals surface area contributed by atoms with Gasteiger partial charge in [0.15, 0.2) is 16.8 Å². The van der Waals surface area contributed by atoms with Gasteiger partial charge in [0.2, 0.25) is 5.91 Å². The molecule has 1 saturated heterocycles. The first kappa shape index (κ1) is 38.0. The van der Waals surface area contributed by atoms with Gasteiger partial charge in [-0.15, -0.1) is 0 Å². The van der Waals surface area contributed by atoms with Crippen LogP contribution in [0.15, 0.2) is 86.8 Å². The van der Waals surface area contributed by atoms with Gasteiger partial charge in [0.25, 0.3) is 0 Å². The molecule has 4 aliphatic heterocycles. The summed E-state index contributed by atoms with van der Waals surface area (Å²) in [6.45, 7) is 1.06. The molecule has 5 aliphatic rings. The molecular weight excluding hydrogens is 726 g/mol. The van der Waals surface area contributed by atoms with E-state index in [1.54, 1.807) is 19.2 Å². The molecule has 1 amide bonds. The number of phenolic OH excluding ortho intramolecular Hbond substituents is 1. The zero-order chi connectivity index (χ0) is 39.4. The van der Waals surface area contributed by atoms with Crippen molar-refractivity contribution in [2.75, 3.05) is 31.2 Å². The quantitative estimate of drug-likeness (QED) is 0.0791. The molecule has 0 bridgehead atoms. The lowest BCUT2D eigenvalue weighted by atomic mass is 9.71. The van der Waals surface area contributed by atoms with Gasteiger partial charge in [-0.2, -0.15) is 0 Å². The second kappa shape index (κ2) is 14.9. The number of allylic oxidation sites excluding steroid dienone is 2. The van der Waals surface area contributed by atoms with E-state index in [9.17, 15) is 40.2 Å². The minimum absolute atomic E-state index is 0.00304. The molecule has 5 heterocycles. The zero-order valence-corrected chi connectivity index (χ0v) is 30.7. The molecule has 1 aliphatic carbocycles. The number of aliphatic hydroxyl groups is 5. The summed E-state index contributed by atoms with van der Waals surface area (Å²) < 4.78 is 13.4. The highest BCUT2D eigenvalue weighted by Crippen LogP contribution is 2.51. The second-order valence-electron chi connectivity index (χ2n) is 15.5. The summed E-state index contributed by atoms with van der Waals surface area (Å²) in [7, 11) is 0. The predicted molar refractivity (Wildman–Crippen MR) is 202 cm³/mol. The van der Waals surface area contributed by atoms with Crippen LogP contribution in [-0.4, -0.2) is 104 Å². The van der Waals surface area contributed by atoms with Gasteiger partial charge in [-0.25, -0.2) is 9.78 Å². The molecule has 1 aromatic heterocycles. The molecule has 1 spiro atoms. The Hall–Kier alpha value is -4.87. The molecule has 296 valence electrons. The Morgan fingerprint density at radius 1 is 1.14 bits per heavy atom. The first-order chi connectivity index (χ1) is 26.9. The van der Waals surface area contributed by atoms with Crippen LogP contribution in [0.4, 0.5) is 5.69 Å². The van der Waals surface area contributed by atoms with Gasteiger partial charge in [-0.05, 0) is 55.0 Å². The van der Waals surface area contributed by atoms with E-state index in [0.717, 1.165) is 11.3 Å². The molecule has 3 aromatic rings. The van der Waals surface area contributed by atoms with Crippen molar-refractivity contribution in [2.24, 2.45) is 16.8 Å². The van der Waals surface area contributed by atoms with E-state index in [-0.39, 0.29) is 41.8 Å². The smallest absolute Gasteiger partial charge is 0.220 e. The number of hydrogen-bond acceptors (Lipinski definition) is 14. The number of fused-ring (bicyclic) bond motifs is 3. The normalized spacial score (nSPS) is 26.6. The van der Waals surface area contributed by atoms with E-state index in [0.29, 0.717) is 71.6 Å². The number of carbonyl (C=O) groups excluding carboxylic acids is 1. The summed E-state index contributed by atoms with van der Waals surface area (Å²) in [5, 5.41) is 66.5. The van der Waals surface area contributed by atoms with E-state index in [4.69, 9.17) is 18.9 Å². The van der Waals surface area contributed by atoms with Gasteiger partial charge in [-0.1, -0.05) is 24.3 Å². The maximum absolute atomic E-state index is 13.5. The summed E-state index contributed by atoms with van der Waals surface area (Å²) in [4.78, 5) is 44.3. The van der Waals surface area contributed by atoms with Gasteiger partial charge in [0.05, 0.1) is 24.2 Å². The highest BCUT2D eigenvalue weighted by atomic mass is 17.2. The number of ether oxygens (including phenoxy) is 1. The number of nitrogens with one attached hydrogen (secondary N) is 1. The van der Waals surface area contributed by atoms with Crippen LogP contribution in [0.1, 0.15) is 36.1 Å². The Kier molecular flexibility index (Phi) is 10.1. The fraction of sp³-hybridized carbons (Fsp3) is 0.439. The van der Waals surface area contributed by atoms with Gasteiger partial charge < -0.3 is 50.0 Å². The number of phenols is 1. The van der Waals surface area contributed by atoms with E-state index in [1.165, 1.54) is 30.3 Å². The standard InChI is InChI=1S/C41H45N3O12/c1-22-11-31(47)29-12-26-13-33(56-53-21-40(52,39(51)36(50)32(48)20-45)15-23-4-6-28(46)7-5-23)41(9-2-3-24(16-41)27-14-34(49)43-17-27)55-37(26)35(38(29)54-22)44-18-25-8-10-42-30(25)19-44/h2-8,10-12,18,24,27,32-33,36,39,45-46,48,50-52H,9,13-17,19-21H2,1H3,(H,43,49)/t24-,27-,32-,33-,36-,39+,40+,41+/m1/s1. The van der Waals surface area contributed by atoms with Gasteiger partial charge in [0, 0.05) is 61.8 Å². The Morgan fingerprint density at radius 3 is 2.68 bits per heavy atom. The molecule has 0 radical (unpaired) electrons. The number of amides is 1. The van der Waals surface area contributed by atoms with Crippen LogP contribution in [-0.2, 0) is 27.4 Å². The van der Waals surface area contributed by atoms with E-state index >= 15 is 0 Å². The van der Waals surface area contributed by atoms with Crippen molar-refractivity contribution < 1.29 is 54.4 Å². The highest BCUT2D eigenvalue weighted by molar-refractivity contribution is 6.12. The Bertz CT molecular complexity index is 2200. The Morgan fingerprint density at radius 2 is 1.95 bits per heavy atom. The summed E-state index contributed by atoms with van der Waals surface area (Å²) >= 11 is 0. The lowest BCUT2D eigenvalue weighted by Crippen LogP contribution is -2.58. The van der Waals surface area contributed by atoms with E-state index in [1.807, 2.05) is 23.3 Å². The van der Waals surface area contributed by atoms with Crippen molar-refractivity contribution in [3.8, 4) is 11.5 Å². The average molecular weight is 772 g/mol. The van der Waals surface area contributed by atoms with Crippen molar-refractivity contribution in [2.45, 2.75) is 74.6 Å². The summed E-state index contributed by atoms with van der Waals surface area (Å²) in [6, 6.07) is 9.00. The number of carbonyl (C=O) groups is 1. The third kappa shape index (κ3) is 7.04. The van der Waals surface area contributed by atoms with Crippen LogP contribution < -0.4 is 20.4 Å². The first-order valence-electron chi connectivity index (χ1n) is 18.7. The van der Waals surface area contributed by atoms with Gasteiger partial charge in [-0.3, -0.25) is 14.6 Å². The summed E-state index contributed by atoms with van der Waals surface area (Å²) in [5.74, 6) is 0.797. The number of aromatic hydroxyl groups is 1. The van der Waals surface area contributed by atoms with E-state index < -0.39 is 48.8 Å². The molecule has 0 saturated carbocycles. The lowest BCUT2D eigenvalue weighted by molar-refractivity contribution is -0.373. The molecule has 8 rings (SSSR count). The third-order valence-electron chi connectivity index (χ3n) is 11.6. The van der Waals surface area contributed by atoms with Crippen LogP contribution >= 0.6 is 0 Å². The number of nitrogens with zero attached hydrogens (tertiary/aromatic N) is 2. The first-order valence-corrected chi connectivity index (χ1v) is 18.7. The number of hydrogen-bond donors (Lipinski definition) is 7.